The number of thiazole rings is 1. The van der Waals surface area contributed by atoms with E-state index in [1.807, 2.05) is 24.3 Å². The fourth-order valence-electron chi connectivity index (χ4n) is 3.41. The molecule has 0 spiro atoms. The molecule has 2 aromatic heterocycles. The maximum absolute atomic E-state index is 12.5. The number of aromatic nitrogens is 3. The summed E-state index contributed by atoms with van der Waals surface area (Å²) in [4.78, 5) is 33.5. The molecule has 0 bridgehead atoms. The van der Waals surface area contributed by atoms with Crippen LogP contribution < -0.4 is 16.6 Å². The second-order valence-corrected chi connectivity index (χ2v) is 7.59. The summed E-state index contributed by atoms with van der Waals surface area (Å²) < 4.78 is 0.890. The summed E-state index contributed by atoms with van der Waals surface area (Å²) in [5.41, 5.74) is -0.415. The Balaban J connectivity index is 0.00000225. The Morgan fingerprint density at radius 1 is 1.18 bits per heavy atom. The van der Waals surface area contributed by atoms with E-state index in [2.05, 4.69) is 20.3 Å². The highest BCUT2D eigenvalue weighted by molar-refractivity contribution is 7.21. The van der Waals surface area contributed by atoms with Gasteiger partial charge in [-0.15, -0.1) is 23.7 Å². The number of halogens is 1. The maximum Gasteiger partial charge on any atom is 0.327 e. The van der Waals surface area contributed by atoms with E-state index in [0.29, 0.717) is 5.01 Å². The number of H-pyrrole nitrogens is 2. The number of aliphatic hydroxyl groups excluding tert-OH is 3. The highest BCUT2D eigenvalue weighted by Crippen LogP contribution is 2.33. The molecule has 150 valence electrons. The molecule has 0 aliphatic heterocycles. The molecule has 2 heterocycles. The molecule has 4 atom stereocenters. The second-order valence-electron chi connectivity index (χ2n) is 6.56. The lowest BCUT2D eigenvalue weighted by atomic mass is 10.1. The molecule has 28 heavy (non-hydrogen) atoms. The number of nitrogens with zero attached hydrogens (tertiary/aromatic N) is 1. The quantitative estimate of drug-likeness (QED) is 0.350. The van der Waals surface area contributed by atoms with E-state index in [1.165, 1.54) is 11.3 Å². The van der Waals surface area contributed by atoms with Crippen LogP contribution in [-0.2, 0) is 0 Å². The molecule has 11 heteroatoms. The predicted molar refractivity (Wildman–Crippen MR) is 108 cm³/mol. The van der Waals surface area contributed by atoms with E-state index in [4.69, 9.17) is 0 Å². The van der Waals surface area contributed by atoms with Crippen LogP contribution in [0.3, 0.4) is 0 Å². The van der Waals surface area contributed by atoms with Crippen LogP contribution in [0.25, 0.3) is 20.8 Å². The fraction of sp³-hybridized carbons (Fsp3) is 0.353. The van der Waals surface area contributed by atoms with Crippen LogP contribution in [0.1, 0.15) is 6.42 Å². The lowest BCUT2D eigenvalue weighted by Gasteiger charge is -2.19. The van der Waals surface area contributed by atoms with Gasteiger partial charge in [-0.05, 0) is 18.6 Å². The van der Waals surface area contributed by atoms with Crippen molar-refractivity contribution in [3.8, 4) is 10.6 Å². The van der Waals surface area contributed by atoms with Crippen molar-refractivity contribution in [2.75, 3.05) is 11.9 Å². The standard InChI is InChI=1S/C17H18N4O5S.ClH/c22-6-7-5-9(13(24)12(7)23)18-14-11(15(25)21-17(26)20-14)16-19-8-3-1-2-4-10(8)27-16;/h1-4,7,9,12-13,22-24H,5-6H2,(H3,18,20,21,25,26);1H/t7-,9-,12-,13+;/m1./s1. The third-order valence-corrected chi connectivity index (χ3v) is 5.87. The van der Waals surface area contributed by atoms with Gasteiger partial charge in [-0.2, -0.15) is 0 Å². The molecule has 3 aromatic rings. The minimum atomic E-state index is -1.15. The van der Waals surface area contributed by atoms with Gasteiger partial charge >= 0.3 is 5.69 Å². The van der Waals surface area contributed by atoms with Gasteiger partial charge in [0, 0.05) is 12.5 Å². The molecule has 6 N–H and O–H groups in total. The van der Waals surface area contributed by atoms with Crippen LogP contribution in [0.5, 0.6) is 0 Å². The number of hydrogen-bond acceptors (Lipinski definition) is 8. The first-order chi connectivity index (χ1) is 13.0. The SMILES string of the molecule is Cl.O=c1[nH]c(N[C@@H]2C[C@H](CO)[C@@H](O)[C@H]2O)c(-c2nc3ccccc3s2)c(=O)[nH]1. The first kappa shape index (κ1) is 20.5. The molecule has 0 radical (unpaired) electrons. The van der Waals surface area contributed by atoms with Crippen LogP contribution in [-0.4, -0.2) is 55.1 Å². The van der Waals surface area contributed by atoms with E-state index >= 15 is 0 Å². The molecule has 0 amide bonds. The van der Waals surface area contributed by atoms with Crippen LogP contribution in [0.15, 0.2) is 33.9 Å². The van der Waals surface area contributed by atoms with Crippen molar-refractivity contribution in [3.05, 3.63) is 45.1 Å². The van der Waals surface area contributed by atoms with Crippen LogP contribution in [0.4, 0.5) is 5.82 Å². The molecule has 4 rings (SSSR count). The second kappa shape index (κ2) is 8.02. The molecule has 9 nitrogen and oxygen atoms in total. The van der Waals surface area contributed by atoms with Crippen molar-refractivity contribution >= 4 is 39.8 Å². The Labute approximate surface area is 168 Å². The molecule has 0 unspecified atom stereocenters. The van der Waals surface area contributed by atoms with E-state index in [-0.39, 0.29) is 36.8 Å². The van der Waals surface area contributed by atoms with Gasteiger partial charge in [0.05, 0.1) is 22.4 Å². The Hall–Kier alpha value is -2.24. The molecule has 0 saturated heterocycles. The maximum atomic E-state index is 12.5. The summed E-state index contributed by atoms with van der Waals surface area (Å²) in [5, 5.41) is 32.9. The Kier molecular flexibility index (Phi) is 5.87. The van der Waals surface area contributed by atoms with E-state index < -0.39 is 35.4 Å². The predicted octanol–water partition coefficient (Wildman–Crippen LogP) is 0.276. The minimum Gasteiger partial charge on any atom is -0.396 e. The number of para-hydroxylation sites is 1. The van der Waals surface area contributed by atoms with Crippen LogP contribution in [0.2, 0.25) is 0 Å². The zero-order chi connectivity index (χ0) is 19.1. The van der Waals surface area contributed by atoms with E-state index in [1.54, 1.807) is 0 Å². The van der Waals surface area contributed by atoms with Crippen LogP contribution >= 0.6 is 23.7 Å². The monoisotopic (exact) mass is 426 g/mol. The Bertz CT molecular complexity index is 1060. The van der Waals surface area contributed by atoms with Gasteiger partial charge < -0.3 is 20.6 Å². The zero-order valence-electron chi connectivity index (χ0n) is 14.5. The first-order valence-corrected chi connectivity index (χ1v) is 9.25. The average Bonchev–Trinajstić information content (AvgIpc) is 3.17. The highest BCUT2D eigenvalue weighted by Gasteiger charge is 2.41. The number of anilines is 1. The summed E-state index contributed by atoms with van der Waals surface area (Å²) >= 11 is 1.30. The largest absolute Gasteiger partial charge is 0.396 e. The number of hydrogen-bond donors (Lipinski definition) is 6. The lowest BCUT2D eigenvalue weighted by Crippen LogP contribution is -2.37. The third-order valence-electron chi connectivity index (χ3n) is 4.82. The number of benzene rings is 1. The summed E-state index contributed by atoms with van der Waals surface area (Å²) in [6.45, 7) is -0.271. The van der Waals surface area contributed by atoms with Crippen molar-refractivity contribution in [2.45, 2.75) is 24.7 Å². The smallest absolute Gasteiger partial charge is 0.327 e. The number of nitrogens with one attached hydrogen (secondary N) is 3. The normalized spacial score (nSPS) is 24.2. The molecular formula is C17H19ClN4O5S. The number of aliphatic hydroxyl groups is 3. The molecule has 1 aliphatic carbocycles. The van der Waals surface area contributed by atoms with Gasteiger partial charge in [0.2, 0.25) is 0 Å². The average molecular weight is 427 g/mol. The summed E-state index contributed by atoms with van der Waals surface area (Å²) in [7, 11) is 0. The fourth-order valence-corrected chi connectivity index (χ4v) is 4.43. The van der Waals surface area contributed by atoms with Crippen molar-refractivity contribution in [1.82, 2.24) is 15.0 Å². The van der Waals surface area contributed by atoms with Gasteiger partial charge in [0.15, 0.2) is 0 Å². The van der Waals surface area contributed by atoms with Crippen molar-refractivity contribution in [3.63, 3.8) is 0 Å². The van der Waals surface area contributed by atoms with Gasteiger partial charge in [-0.3, -0.25) is 14.8 Å². The Morgan fingerprint density at radius 2 is 1.93 bits per heavy atom. The molecule has 1 aromatic carbocycles. The highest BCUT2D eigenvalue weighted by atomic mass is 35.5. The number of aromatic amines is 2. The lowest BCUT2D eigenvalue weighted by molar-refractivity contribution is 0.00446. The van der Waals surface area contributed by atoms with Crippen molar-refractivity contribution < 1.29 is 15.3 Å². The number of rotatable bonds is 4. The summed E-state index contributed by atoms with van der Waals surface area (Å²) in [6.07, 6.45) is -1.95. The molecular weight excluding hydrogens is 408 g/mol. The summed E-state index contributed by atoms with van der Waals surface area (Å²) in [5.74, 6) is -0.366. The molecule has 1 saturated carbocycles. The van der Waals surface area contributed by atoms with E-state index in [0.717, 1.165) is 10.2 Å². The first-order valence-electron chi connectivity index (χ1n) is 8.44. The Morgan fingerprint density at radius 3 is 2.61 bits per heavy atom. The third kappa shape index (κ3) is 3.56. The minimum absolute atomic E-state index is 0. The molecule has 1 fully saturated rings. The summed E-state index contributed by atoms with van der Waals surface area (Å²) in [6, 6.07) is 6.78. The zero-order valence-corrected chi connectivity index (χ0v) is 16.1. The van der Waals surface area contributed by atoms with Gasteiger partial charge in [0.1, 0.15) is 22.5 Å². The van der Waals surface area contributed by atoms with Crippen LogP contribution in [0, 0.1) is 5.92 Å². The van der Waals surface area contributed by atoms with Crippen molar-refractivity contribution in [1.29, 1.82) is 0 Å². The van der Waals surface area contributed by atoms with Crippen molar-refractivity contribution in [2.24, 2.45) is 5.92 Å². The van der Waals surface area contributed by atoms with Gasteiger partial charge in [-0.25, -0.2) is 9.78 Å². The van der Waals surface area contributed by atoms with E-state index in [9.17, 15) is 24.9 Å². The van der Waals surface area contributed by atoms with Gasteiger partial charge in [-0.1, -0.05) is 12.1 Å². The number of fused-ring (bicyclic) bond motifs is 1. The molecule has 1 aliphatic rings. The van der Waals surface area contributed by atoms with Gasteiger partial charge in [0.25, 0.3) is 5.56 Å². The topological polar surface area (TPSA) is 151 Å².